The molecule has 5 rings (SSSR count). The Labute approximate surface area is 191 Å². The minimum Gasteiger partial charge on any atom is -0.497 e. The molecular weight excluding hydrogens is 473 g/mol. The fourth-order valence-corrected chi connectivity index (χ4v) is 4.48. The molecule has 0 spiro atoms. The van der Waals surface area contributed by atoms with E-state index in [1.807, 2.05) is 53.1 Å². The number of hydrogen-bond acceptors (Lipinski definition) is 3. The Kier molecular flexibility index (Phi) is 5.27. The fourth-order valence-electron chi connectivity index (χ4n) is 4.03. The van der Waals surface area contributed by atoms with Crippen molar-refractivity contribution >= 4 is 37.9 Å². The minimum absolute atomic E-state index is 0.176. The van der Waals surface area contributed by atoms with Crippen molar-refractivity contribution in [3.05, 3.63) is 105 Å². The molecule has 0 radical (unpaired) electrons. The quantitative estimate of drug-likeness (QED) is 0.332. The van der Waals surface area contributed by atoms with Gasteiger partial charge in [-0.15, -0.1) is 0 Å². The van der Waals surface area contributed by atoms with Gasteiger partial charge in [-0.25, -0.2) is 9.37 Å². The van der Waals surface area contributed by atoms with Crippen LogP contribution in [-0.2, 0) is 13.1 Å². The van der Waals surface area contributed by atoms with Gasteiger partial charge in [-0.05, 0) is 53.6 Å². The lowest BCUT2D eigenvalue weighted by atomic mass is 10.2. The van der Waals surface area contributed by atoms with Crippen molar-refractivity contribution in [2.24, 2.45) is 0 Å². The van der Waals surface area contributed by atoms with Crippen molar-refractivity contribution in [2.75, 3.05) is 7.11 Å². The second-order valence-electron chi connectivity index (χ2n) is 7.60. The summed E-state index contributed by atoms with van der Waals surface area (Å²) in [5.41, 5.74) is 3.49. The third-order valence-electron chi connectivity index (χ3n) is 5.51. The van der Waals surface area contributed by atoms with Crippen molar-refractivity contribution < 1.29 is 9.13 Å². The predicted molar refractivity (Wildman–Crippen MR) is 127 cm³/mol. The van der Waals surface area contributed by atoms with Gasteiger partial charge < -0.3 is 9.30 Å². The van der Waals surface area contributed by atoms with Gasteiger partial charge in [0.1, 0.15) is 22.6 Å². The van der Waals surface area contributed by atoms with Gasteiger partial charge in [-0.1, -0.05) is 40.2 Å². The van der Waals surface area contributed by atoms with E-state index < -0.39 is 0 Å². The maximum absolute atomic E-state index is 14.1. The molecule has 0 saturated heterocycles. The van der Waals surface area contributed by atoms with Crippen LogP contribution in [0.1, 0.15) is 11.1 Å². The smallest absolute Gasteiger partial charge is 0.278 e. The summed E-state index contributed by atoms with van der Waals surface area (Å²) in [7, 11) is 1.61. The van der Waals surface area contributed by atoms with E-state index in [1.54, 1.807) is 17.7 Å². The summed E-state index contributed by atoms with van der Waals surface area (Å²) in [5.74, 6) is 0.366. The second-order valence-corrected chi connectivity index (χ2v) is 8.52. The summed E-state index contributed by atoms with van der Waals surface area (Å²) < 4.78 is 23.8. The summed E-state index contributed by atoms with van der Waals surface area (Å²) in [5, 5.41) is 0.626. The molecule has 2 aromatic heterocycles. The molecule has 160 valence electrons. The molecule has 0 bridgehead atoms. The van der Waals surface area contributed by atoms with E-state index in [-0.39, 0.29) is 11.4 Å². The first-order valence-electron chi connectivity index (χ1n) is 10.1. The largest absolute Gasteiger partial charge is 0.497 e. The molecule has 0 aliphatic heterocycles. The van der Waals surface area contributed by atoms with E-state index in [2.05, 4.69) is 20.9 Å². The molecule has 0 amide bonds. The van der Waals surface area contributed by atoms with Gasteiger partial charge in [0, 0.05) is 16.4 Å². The first-order valence-corrected chi connectivity index (χ1v) is 10.9. The van der Waals surface area contributed by atoms with Crippen LogP contribution >= 0.6 is 15.9 Å². The molecule has 5 aromatic rings. The highest BCUT2D eigenvalue weighted by molar-refractivity contribution is 9.10. The highest BCUT2D eigenvalue weighted by atomic mass is 79.9. The molecule has 5 nitrogen and oxygen atoms in total. The maximum Gasteiger partial charge on any atom is 0.278 e. The topological polar surface area (TPSA) is 49.0 Å². The van der Waals surface area contributed by atoms with E-state index in [0.29, 0.717) is 29.5 Å². The number of methoxy groups -OCH3 is 1. The lowest BCUT2D eigenvalue weighted by Crippen LogP contribution is -2.23. The number of nitrogens with zero attached hydrogens (tertiary/aromatic N) is 3. The van der Waals surface area contributed by atoms with Crippen LogP contribution in [-0.4, -0.2) is 21.2 Å². The summed E-state index contributed by atoms with van der Waals surface area (Å²) >= 11 is 3.50. The summed E-state index contributed by atoms with van der Waals surface area (Å²) in [6.07, 6.45) is 1.53. The Hall–Kier alpha value is -3.45. The van der Waals surface area contributed by atoms with Gasteiger partial charge in [0.05, 0.1) is 25.5 Å². The molecule has 0 unspecified atom stereocenters. The van der Waals surface area contributed by atoms with Gasteiger partial charge in [-0.2, -0.15) is 0 Å². The van der Waals surface area contributed by atoms with E-state index in [9.17, 15) is 9.18 Å². The Balaban J connectivity index is 1.70. The number of hydrogen-bond donors (Lipinski definition) is 0. The first-order chi connectivity index (χ1) is 15.5. The normalized spacial score (nSPS) is 11.3. The standard InChI is InChI=1S/C25H19BrFN3O2/c1-32-20-7-3-5-17(11-20)13-29-15-28-23-21-12-19(27)8-9-22(21)30(24(23)25(29)31)14-16-4-2-6-18(26)10-16/h2-12,15H,13-14H2,1H3. The summed E-state index contributed by atoms with van der Waals surface area (Å²) in [4.78, 5) is 18.2. The Morgan fingerprint density at radius 1 is 1.00 bits per heavy atom. The van der Waals surface area contributed by atoms with Gasteiger partial charge in [0.2, 0.25) is 0 Å². The number of aromatic nitrogens is 3. The fraction of sp³-hybridized carbons (Fsp3) is 0.120. The minimum atomic E-state index is -0.360. The molecule has 0 N–H and O–H groups in total. The second kappa shape index (κ2) is 8.24. The number of ether oxygens (including phenoxy) is 1. The van der Waals surface area contributed by atoms with Gasteiger partial charge in [0.15, 0.2) is 0 Å². The van der Waals surface area contributed by atoms with Gasteiger partial charge >= 0.3 is 0 Å². The highest BCUT2D eigenvalue weighted by Crippen LogP contribution is 2.28. The van der Waals surface area contributed by atoms with Crippen molar-refractivity contribution in [1.29, 1.82) is 0 Å². The van der Waals surface area contributed by atoms with Crippen molar-refractivity contribution in [3.63, 3.8) is 0 Å². The molecule has 0 saturated carbocycles. The molecule has 0 atom stereocenters. The van der Waals surface area contributed by atoms with Crippen LogP contribution in [0.3, 0.4) is 0 Å². The molecule has 32 heavy (non-hydrogen) atoms. The van der Waals surface area contributed by atoms with Crippen molar-refractivity contribution in [3.8, 4) is 5.75 Å². The molecule has 0 fully saturated rings. The Bertz CT molecular complexity index is 1520. The number of halogens is 2. The molecule has 7 heteroatoms. The molecule has 2 heterocycles. The number of benzene rings is 3. The monoisotopic (exact) mass is 491 g/mol. The van der Waals surface area contributed by atoms with E-state index in [1.165, 1.54) is 18.5 Å². The van der Waals surface area contributed by atoms with E-state index in [0.717, 1.165) is 26.9 Å². The Morgan fingerprint density at radius 2 is 1.78 bits per heavy atom. The zero-order valence-electron chi connectivity index (χ0n) is 17.3. The SMILES string of the molecule is COc1cccc(Cn2cnc3c4cc(F)ccc4n(Cc4cccc(Br)c4)c3c2=O)c1. The average Bonchev–Trinajstić information content (AvgIpc) is 3.09. The number of fused-ring (bicyclic) bond motifs is 3. The zero-order chi connectivity index (χ0) is 22.2. The van der Waals surface area contributed by atoms with Crippen LogP contribution in [0.2, 0.25) is 0 Å². The van der Waals surface area contributed by atoms with E-state index >= 15 is 0 Å². The maximum atomic E-state index is 14.1. The van der Waals surface area contributed by atoms with Crippen LogP contribution < -0.4 is 10.3 Å². The van der Waals surface area contributed by atoms with Crippen LogP contribution in [0, 0.1) is 5.82 Å². The first kappa shape index (κ1) is 20.5. The lowest BCUT2D eigenvalue weighted by molar-refractivity contribution is 0.414. The van der Waals surface area contributed by atoms with Gasteiger partial charge in [0.25, 0.3) is 5.56 Å². The molecule has 0 aliphatic rings. The Morgan fingerprint density at radius 3 is 2.56 bits per heavy atom. The lowest BCUT2D eigenvalue weighted by Gasteiger charge is -2.10. The third kappa shape index (κ3) is 3.69. The van der Waals surface area contributed by atoms with E-state index in [4.69, 9.17) is 4.74 Å². The zero-order valence-corrected chi connectivity index (χ0v) is 18.8. The summed E-state index contributed by atoms with van der Waals surface area (Å²) in [6, 6.07) is 20.0. The predicted octanol–water partition coefficient (Wildman–Crippen LogP) is 5.36. The van der Waals surface area contributed by atoms with Crippen LogP contribution in [0.5, 0.6) is 5.75 Å². The van der Waals surface area contributed by atoms with Crippen LogP contribution in [0.25, 0.3) is 21.9 Å². The van der Waals surface area contributed by atoms with Crippen LogP contribution in [0.4, 0.5) is 4.39 Å². The summed E-state index contributed by atoms with van der Waals surface area (Å²) in [6.45, 7) is 0.816. The third-order valence-corrected chi connectivity index (χ3v) is 6.00. The number of rotatable bonds is 5. The average molecular weight is 492 g/mol. The van der Waals surface area contributed by atoms with Crippen molar-refractivity contribution in [2.45, 2.75) is 13.1 Å². The molecule has 0 aliphatic carbocycles. The van der Waals surface area contributed by atoms with Crippen LogP contribution in [0.15, 0.2) is 82.3 Å². The van der Waals surface area contributed by atoms with Gasteiger partial charge in [-0.3, -0.25) is 9.36 Å². The molecular formula is C25H19BrFN3O2. The highest BCUT2D eigenvalue weighted by Gasteiger charge is 2.18. The van der Waals surface area contributed by atoms with Crippen molar-refractivity contribution in [1.82, 2.24) is 14.1 Å². The molecule has 3 aromatic carbocycles.